The van der Waals surface area contributed by atoms with Gasteiger partial charge in [-0.3, -0.25) is 9.59 Å². The van der Waals surface area contributed by atoms with Crippen molar-refractivity contribution in [1.82, 2.24) is 24.6 Å². The predicted octanol–water partition coefficient (Wildman–Crippen LogP) is 4.02. The van der Waals surface area contributed by atoms with E-state index in [2.05, 4.69) is 22.5 Å². The van der Waals surface area contributed by atoms with Crippen LogP contribution in [0.4, 0.5) is 0 Å². The maximum atomic E-state index is 13.5. The van der Waals surface area contributed by atoms with Crippen LogP contribution in [0.2, 0.25) is 0 Å². The van der Waals surface area contributed by atoms with Gasteiger partial charge in [0.05, 0.1) is 5.69 Å². The molecule has 180 valence electrons. The highest BCUT2D eigenvalue weighted by molar-refractivity contribution is 5.95. The fourth-order valence-corrected chi connectivity index (χ4v) is 4.24. The first-order chi connectivity index (χ1) is 16.9. The summed E-state index contributed by atoms with van der Waals surface area (Å²) in [5, 5.41) is 7.36. The molecule has 1 unspecified atom stereocenters. The summed E-state index contributed by atoms with van der Waals surface area (Å²) in [4.78, 5) is 27.9. The SMILES string of the molecule is Cc1ccnn1-c1cccc(C(=O)N(C)C(CCNC(=O)c2cccn2C)Cc2ccccc2)c1. The molecule has 0 saturated heterocycles. The Bertz CT molecular complexity index is 1290. The molecule has 1 atom stereocenters. The molecule has 2 aromatic carbocycles. The van der Waals surface area contributed by atoms with Gasteiger partial charge in [-0.05, 0) is 61.7 Å². The van der Waals surface area contributed by atoms with Crippen molar-refractivity contribution >= 4 is 11.8 Å². The fourth-order valence-electron chi connectivity index (χ4n) is 4.24. The first-order valence-corrected chi connectivity index (χ1v) is 11.8. The molecule has 0 bridgehead atoms. The molecule has 0 aliphatic heterocycles. The minimum absolute atomic E-state index is 0.0636. The minimum atomic E-state index is -0.118. The standard InChI is InChI=1S/C28H31N5O2/c1-21-14-17-30-33(21)25-12-7-11-23(20-25)28(35)32(3)24(19-22-9-5-4-6-10-22)15-16-29-27(34)26-13-8-18-31(26)2/h4-14,17-18,20,24H,15-16,19H2,1-3H3,(H,29,34). The molecular weight excluding hydrogens is 438 g/mol. The maximum absolute atomic E-state index is 13.5. The summed E-state index contributed by atoms with van der Waals surface area (Å²) in [5.74, 6) is -0.182. The van der Waals surface area contributed by atoms with Gasteiger partial charge in [0.2, 0.25) is 0 Å². The van der Waals surface area contributed by atoms with E-state index in [4.69, 9.17) is 0 Å². The molecule has 7 heteroatoms. The summed E-state index contributed by atoms with van der Waals surface area (Å²) >= 11 is 0. The van der Waals surface area contributed by atoms with Crippen molar-refractivity contribution in [2.75, 3.05) is 13.6 Å². The van der Waals surface area contributed by atoms with Gasteiger partial charge in [-0.1, -0.05) is 36.4 Å². The van der Waals surface area contributed by atoms with E-state index < -0.39 is 0 Å². The van der Waals surface area contributed by atoms with Crippen LogP contribution < -0.4 is 5.32 Å². The van der Waals surface area contributed by atoms with E-state index in [1.165, 1.54) is 0 Å². The maximum Gasteiger partial charge on any atom is 0.267 e. The number of hydrogen-bond acceptors (Lipinski definition) is 3. The summed E-state index contributed by atoms with van der Waals surface area (Å²) in [6.07, 6.45) is 4.92. The third-order valence-corrected chi connectivity index (χ3v) is 6.29. The van der Waals surface area contributed by atoms with Gasteiger partial charge < -0.3 is 14.8 Å². The number of nitrogens with one attached hydrogen (secondary N) is 1. The number of hydrogen-bond donors (Lipinski definition) is 1. The van der Waals surface area contributed by atoms with Crippen LogP contribution in [-0.4, -0.2) is 50.7 Å². The van der Waals surface area contributed by atoms with Gasteiger partial charge in [-0.25, -0.2) is 4.68 Å². The predicted molar refractivity (Wildman–Crippen MR) is 137 cm³/mol. The molecule has 2 amide bonds. The lowest BCUT2D eigenvalue weighted by molar-refractivity contribution is 0.0722. The molecule has 35 heavy (non-hydrogen) atoms. The molecule has 0 aliphatic rings. The molecule has 2 heterocycles. The third kappa shape index (κ3) is 5.69. The Balaban J connectivity index is 1.50. The summed E-state index contributed by atoms with van der Waals surface area (Å²) < 4.78 is 3.61. The lowest BCUT2D eigenvalue weighted by Gasteiger charge is -2.29. The van der Waals surface area contributed by atoms with Crippen LogP contribution in [0.25, 0.3) is 5.69 Å². The highest BCUT2D eigenvalue weighted by atomic mass is 16.2. The molecule has 0 saturated carbocycles. The van der Waals surface area contributed by atoms with Crippen molar-refractivity contribution in [3.05, 3.63) is 108 Å². The minimum Gasteiger partial charge on any atom is -0.351 e. The zero-order chi connectivity index (χ0) is 24.8. The number of aromatic nitrogens is 3. The van der Waals surface area contributed by atoms with Crippen molar-refractivity contribution in [2.45, 2.75) is 25.8 Å². The summed E-state index contributed by atoms with van der Waals surface area (Å²) in [7, 11) is 3.68. The zero-order valence-electron chi connectivity index (χ0n) is 20.4. The number of aryl methyl sites for hydroxylation is 2. The first-order valence-electron chi connectivity index (χ1n) is 11.8. The Morgan fingerprint density at radius 2 is 1.83 bits per heavy atom. The number of nitrogens with zero attached hydrogens (tertiary/aromatic N) is 4. The average Bonchev–Trinajstić information content (AvgIpc) is 3.51. The number of carbonyl (C=O) groups excluding carboxylic acids is 2. The van der Waals surface area contributed by atoms with Gasteiger partial charge in [0.25, 0.3) is 11.8 Å². The summed E-state index contributed by atoms with van der Waals surface area (Å²) in [6.45, 7) is 2.44. The van der Waals surface area contributed by atoms with Gasteiger partial charge in [0, 0.05) is 50.3 Å². The molecule has 0 fully saturated rings. The van der Waals surface area contributed by atoms with E-state index in [-0.39, 0.29) is 17.9 Å². The smallest absolute Gasteiger partial charge is 0.267 e. The molecular formula is C28H31N5O2. The third-order valence-electron chi connectivity index (χ3n) is 6.29. The highest BCUT2D eigenvalue weighted by Crippen LogP contribution is 2.17. The van der Waals surface area contributed by atoms with E-state index in [0.29, 0.717) is 30.6 Å². The van der Waals surface area contributed by atoms with Crippen molar-refractivity contribution in [1.29, 1.82) is 0 Å². The van der Waals surface area contributed by atoms with Gasteiger partial charge in [0.15, 0.2) is 0 Å². The Kier molecular flexibility index (Phi) is 7.45. The van der Waals surface area contributed by atoms with E-state index in [1.807, 2.05) is 86.5 Å². The second kappa shape index (κ2) is 10.9. The van der Waals surface area contributed by atoms with E-state index >= 15 is 0 Å². The average molecular weight is 470 g/mol. The normalized spacial score (nSPS) is 11.7. The summed E-state index contributed by atoms with van der Waals surface area (Å²) in [6, 6.07) is 23.1. The zero-order valence-corrected chi connectivity index (χ0v) is 20.4. The Hall–Kier alpha value is -4.13. The molecule has 2 aromatic heterocycles. The van der Waals surface area contributed by atoms with E-state index in [1.54, 1.807) is 21.7 Å². The molecule has 0 spiro atoms. The van der Waals surface area contributed by atoms with Crippen LogP contribution in [0, 0.1) is 6.92 Å². The van der Waals surface area contributed by atoms with Gasteiger partial charge in [-0.2, -0.15) is 5.10 Å². The van der Waals surface area contributed by atoms with Gasteiger partial charge in [0.1, 0.15) is 5.69 Å². The van der Waals surface area contributed by atoms with E-state index in [0.717, 1.165) is 16.9 Å². The highest BCUT2D eigenvalue weighted by Gasteiger charge is 2.22. The number of amides is 2. The van der Waals surface area contributed by atoms with Crippen molar-refractivity contribution in [2.24, 2.45) is 7.05 Å². The van der Waals surface area contributed by atoms with Crippen LogP contribution in [0.5, 0.6) is 0 Å². The molecule has 0 aliphatic carbocycles. The number of likely N-dealkylation sites (N-methyl/N-ethyl adjacent to an activating group) is 1. The lowest BCUT2D eigenvalue weighted by atomic mass is 10.0. The molecule has 4 rings (SSSR count). The second-order valence-corrected chi connectivity index (χ2v) is 8.74. The monoisotopic (exact) mass is 469 g/mol. The quantitative estimate of drug-likeness (QED) is 0.402. The van der Waals surface area contributed by atoms with Gasteiger partial charge in [-0.15, -0.1) is 0 Å². The number of rotatable bonds is 9. The van der Waals surface area contributed by atoms with Gasteiger partial charge >= 0.3 is 0 Å². The van der Waals surface area contributed by atoms with Crippen LogP contribution in [0.15, 0.2) is 85.2 Å². The summed E-state index contributed by atoms with van der Waals surface area (Å²) in [5.41, 5.74) is 4.21. The largest absolute Gasteiger partial charge is 0.351 e. The van der Waals surface area contributed by atoms with Crippen molar-refractivity contribution in [3.63, 3.8) is 0 Å². The Morgan fingerprint density at radius 1 is 1.03 bits per heavy atom. The van der Waals surface area contributed by atoms with E-state index in [9.17, 15) is 9.59 Å². The number of benzene rings is 2. The number of carbonyl (C=O) groups is 2. The van der Waals surface area contributed by atoms with Crippen LogP contribution in [-0.2, 0) is 13.5 Å². The first kappa shape index (κ1) is 24.0. The van der Waals surface area contributed by atoms with Crippen molar-refractivity contribution in [3.8, 4) is 5.69 Å². The molecule has 0 radical (unpaired) electrons. The topological polar surface area (TPSA) is 72.2 Å². The van der Waals surface area contributed by atoms with Crippen LogP contribution >= 0.6 is 0 Å². The van der Waals surface area contributed by atoms with Crippen molar-refractivity contribution < 1.29 is 9.59 Å². The molecule has 7 nitrogen and oxygen atoms in total. The van der Waals surface area contributed by atoms with Crippen LogP contribution in [0.3, 0.4) is 0 Å². The fraction of sp³-hybridized carbons (Fsp3) is 0.250. The lowest BCUT2D eigenvalue weighted by Crippen LogP contribution is -2.41. The van der Waals surface area contributed by atoms with Crippen LogP contribution in [0.1, 0.15) is 38.5 Å². The molecule has 4 aromatic rings. The Morgan fingerprint density at radius 3 is 2.51 bits per heavy atom. The molecule has 1 N–H and O–H groups in total. The Labute approximate surface area is 206 Å². The second-order valence-electron chi connectivity index (χ2n) is 8.74.